The molecule has 0 spiro atoms. The van der Waals surface area contributed by atoms with E-state index in [0.717, 1.165) is 0 Å². The van der Waals surface area contributed by atoms with Gasteiger partial charge >= 0.3 is 0 Å². The van der Waals surface area contributed by atoms with E-state index in [1.165, 1.54) is 25.4 Å². The monoisotopic (exact) mass is 512 g/mol. The number of hydrogen-bond acceptors (Lipinski definition) is 8. The van der Waals surface area contributed by atoms with E-state index in [4.69, 9.17) is 14.2 Å². The summed E-state index contributed by atoms with van der Waals surface area (Å²) in [5.74, 6) is 2.30. The van der Waals surface area contributed by atoms with Crippen molar-refractivity contribution in [2.45, 2.75) is 4.90 Å². The van der Waals surface area contributed by atoms with Crippen molar-refractivity contribution in [3.05, 3.63) is 66.4 Å². The molecule has 1 aliphatic heterocycles. The molecule has 1 fully saturated rings. The largest absolute Gasteiger partial charge is 0.497 e. The van der Waals surface area contributed by atoms with Gasteiger partial charge in [0.05, 0.1) is 38.1 Å². The molecular formula is C25H28N4O6S. The van der Waals surface area contributed by atoms with Gasteiger partial charge in [-0.05, 0) is 48.5 Å². The summed E-state index contributed by atoms with van der Waals surface area (Å²) < 4.78 is 43.4. The Labute approximate surface area is 210 Å². The first-order valence-electron chi connectivity index (χ1n) is 11.2. The number of carbonyl (C=O) groups excluding carboxylic acids is 1. The highest BCUT2D eigenvalue weighted by Gasteiger charge is 2.24. The van der Waals surface area contributed by atoms with Gasteiger partial charge in [-0.1, -0.05) is 0 Å². The number of nitrogens with zero attached hydrogens (tertiary/aromatic N) is 3. The lowest BCUT2D eigenvalue weighted by molar-refractivity contribution is 0.0745. The summed E-state index contributed by atoms with van der Waals surface area (Å²) in [4.78, 5) is 21.4. The summed E-state index contributed by atoms with van der Waals surface area (Å²) in [6, 6.07) is 14.7. The Morgan fingerprint density at radius 2 is 1.44 bits per heavy atom. The molecule has 0 radical (unpaired) electrons. The second kappa shape index (κ2) is 10.7. The summed E-state index contributed by atoms with van der Waals surface area (Å²) >= 11 is 0. The van der Waals surface area contributed by atoms with Gasteiger partial charge in [-0.15, -0.1) is 0 Å². The molecule has 0 atom stereocenters. The molecule has 3 aromatic rings. The van der Waals surface area contributed by atoms with E-state index >= 15 is 0 Å². The van der Waals surface area contributed by atoms with Crippen LogP contribution in [0.4, 0.5) is 11.5 Å². The summed E-state index contributed by atoms with van der Waals surface area (Å²) in [6.45, 7) is 2.23. The number of hydrogen-bond donors (Lipinski definition) is 1. The topological polar surface area (TPSA) is 110 Å². The highest BCUT2D eigenvalue weighted by Crippen LogP contribution is 2.25. The number of benzene rings is 2. The predicted octanol–water partition coefficient (Wildman–Crippen LogP) is 2.87. The number of rotatable bonds is 8. The molecule has 2 aromatic carbocycles. The number of aromatic nitrogens is 1. The average molecular weight is 513 g/mol. The van der Waals surface area contributed by atoms with Crippen LogP contribution in [-0.2, 0) is 10.0 Å². The third-order valence-electron chi connectivity index (χ3n) is 5.86. The molecule has 2 heterocycles. The van der Waals surface area contributed by atoms with Gasteiger partial charge in [0, 0.05) is 37.8 Å². The predicted molar refractivity (Wildman–Crippen MR) is 136 cm³/mol. The maximum absolute atomic E-state index is 13.0. The quantitative estimate of drug-likeness (QED) is 0.491. The number of carbonyl (C=O) groups is 1. The lowest BCUT2D eigenvalue weighted by atomic mass is 10.1. The van der Waals surface area contributed by atoms with E-state index in [1.54, 1.807) is 61.6 Å². The van der Waals surface area contributed by atoms with E-state index in [-0.39, 0.29) is 10.8 Å². The zero-order chi connectivity index (χ0) is 25.7. The molecule has 0 saturated carbocycles. The first-order chi connectivity index (χ1) is 17.3. The molecule has 1 aliphatic rings. The molecule has 11 heteroatoms. The van der Waals surface area contributed by atoms with Crippen LogP contribution >= 0.6 is 0 Å². The van der Waals surface area contributed by atoms with Gasteiger partial charge in [0.2, 0.25) is 0 Å². The van der Waals surface area contributed by atoms with Crippen LogP contribution in [0.2, 0.25) is 0 Å². The van der Waals surface area contributed by atoms with Gasteiger partial charge in [-0.2, -0.15) is 0 Å². The molecular weight excluding hydrogens is 484 g/mol. The van der Waals surface area contributed by atoms with Crippen molar-refractivity contribution in [2.75, 3.05) is 57.1 Å². The number of ether oxygens (including phenoxy) is 3. The van der Waals surface area contributed by atoms with Crippen LogP contribution in [0, 0.1) is 0 Å². The van der Waals surface area contributed by atoms with Crippen LogP contribution in [0.5, 0.6) is 17.2 Å². The molecule has 4 rings (SSSR count). The second-order valence-corrected chi connectivity index (χ2v) is 9.75. The first kappa shape index (κ1) is 25.1. The average Bonchev–Trinajstić information content (AvgIpc) is 2.92. The highest BCUT2D eigenvalue weighted by atomic mass is 32.2. The lowest BCUT2D eigenvalue weighted by Gasteiger charge is -2.35. The van der Waals surface area contributed by atoms with Crippen LogP contribution in [-0.4, -0.2) is 71.7 Å². The summed E-state index contributed by atoms with van der Waals surface area (Å²) in [6.07, 6.45) is 1.48. The van der Waals surface area contributed by atoms with Crippen molar-refractivity contribution in [3.63, 3.8) is 0 Å². The minimum Gasteiger partial charge on any atom is -0.497 e. The minimum absolute atomic E-state index is 0.0944. The molecule has 0 unspecified atom stereocenters. The normalized spacial score (nSPS) is 13.8. The third kappa shape index (κ3) is 5.62. The zero-order valence-corrected chi connectivity index (χ0v) is 21.1. The molecule has 1 aromatic heterocycles. The Kier molecular flexibility index (Phi) is 7.49. The SMILES string of the molecule is COc1ccc(S(=O)(=O)Nc2ccc(N3CCN(C(=O)c4cc(OC)cc(OC)c4)CC3)nc2)cc1. The molecule has 1 N–H and O–H groups in total. The molecule has 190 valence electrons. The number of pyridine rings is 1. The molecule has 10 nitrogen and oxygen atoms in total. The zero-order valence-electron chi connectivity index (χ0n) is 20.3. The van der Waals surface area contributed by atoms with E-state index in [2.05, 4.69) is 14.6 Å². The number of piperazine rings is 1. The van der Waals surface area contributed by atoms with Gasteiger partial charge < -0.3 is 24.0 Å². The summed E-state index contributed by atoms with van der Waals surface area (Å²) in [5.41, 5.74) is 0.863. The van der Waals surface area contributed by atoms with Crippen LogP contribution in [0.25, 0.3) is 0 Å². The highest BCUT2D eigenvalue weighted by molar-refractivity contribution is 7.92. The smallest absolute Gasteiger partial charge is 0.261 e. The number of nitrogens with one attached hydrogen (secondary N) is 1. The van der Waals surface area contributed by atoms with Crippen molar-refractivity contribution >= 4 is 27.4 Å². The van der Waals surface area contributed by atoms with Gasteiger partial charge in [-0.25, -0.2) is 13.4 Å². The van der Waals surface area contributed by atoms with Gasteiger partial charge in [-0.3, -0.25) is 9.52 Å². The minimum atomic E-state index is -3.75. The fourth-order valence-electron chi connectivity index (χ4n) is 3.85. The standard InChI is InChI=1S/C25H28N4O6S/c1-33-20-5-7-23(8-6-20)36(31,32)27-19-4-9-24(26-17-19)28-10-12-29(13-11-28)25(30)18-14-21(34-2)16-22(15-18)35-3/h4-9,14-17,27H,10-13H2,1-3H3. The lowest BCUT2D eigenvalue weighted by Crippen LogP contribution is -2.49. The summed E-state index contributed by atoms with van der Waals surface area (Å²) in [7, 11) is 0.860. The van der Waals surface area contributed by atoms with Crippen molar-refractivity contribution in [1.82, 2.24) is 9.88 Å². The maximum atomic E-state index is 13.0. The number of amides is 1. The van der Waals surface area contributed by atoms with Gasteiger partial charge in [0.1, 0.15) is 23.1 Å². The second-order valence-electron chi connectivity index (χ2n) is 8.07. The van der Waals surface area contributed by atoms with E-state index in [1.807, 2.05) is 0 Å². The van der Waals surface area contributed by atoms with Crippen LogP contribution in [0.3, 0.4) is 0 Å². The Morgan fingerprint density at radius 3 is 1.97 bits per heavy atom. The van der Waals surface area contributed by atoms with Crippen molar-refractivity contribution in [1.29, 1.82) is 0 Å². The number of methoxy groups -OCH3 is 3. The molecule has 0 aliphatic carbocycles. The fourth-order valence-corrected chi connectivity index (χ4v) is 4.90. The van der Waals surface area contributed by atoms with Crippen LogP contribution in [0.15, 0.2) is 65.7 Å². The van der Waals surface area contributed by atoms with Crippen molar-refractivity contribution < 1.29 is 27.4 Å². The molecule has 0 bridgehead atoms. The Balaban J connectivity index is 1.37. The first-order valence-corrected chi connectivity index (χ1v) is 12.7. The molecule has 1 amide bonds. The molecule has 36 heavy (non-hydrogen) atoms. The van der Waals surface area contributed by atoms with Gasteiger partial charge in [0.15, 0.2) is 0 Å². The number of anilines is 2. The summed E-state index contributed by atoms with van der Waals surface area (Å²) in [5, 5.41) is 0. The van der Waals surface area contributed by atoms with E-state index in [0.29, 0.717) is 60.5 Å². The van der Waals surface area contributed by atoms with Crippen molar-refractivity contribution in [2.24, 2.45) is 0 Å². The fraction of sp³-hybridized carbons (Fsp3) is 0.280. The van der Waals surface area contributed by atoms with E-state index < -0.39 is 10.0 Å². The van der Waals surface area contributed by atoms with Crippen LogP contribution < -0.4 is 23.8 Å². The number of sulfonamides is 1. The Hall–Kier alpha value is -3.99. The third-order valence-corrected chi connectivity index (χ3v) is 7.26. The van der Waals surface area contributed by atoms with Crippen LogP contribution in [0.1, 0.15) is 10.4 Å². The maximum Gasteiger partial charge on any atom is 0.261 e. The van der Waals surface area contributed by atoms with Gasteiger partial charge in [0.25, 0.3) is 15.9 Å². The Morgan fingerprint density at radius 1 is 0.833 bits per heavy atom. The molecule has 1 saturated heterocycles. The Bertz CT molecular complexity index is 1280. The van der Waals surface area contributed by atoms with E-state index in [9.17, 15) is 13.2 Å². The van der Waals surface area contributed by atoms with Crippen molar-refractivity contribution in [3.8, 4) is 17.2 Å².